The maximum absolute atomic E-state index is 14.0. The molecule has 1 unspecified atom stereocenters. The van der Waals surface area contributed by atoms with Gasteiger partial charge in [-0.2, -0.15) is 0 Å². The van der Waals surface area contributed by atoms with Gasteiger partial charge in [0.05, 0.1) is 6.04 Å². The summed E-state index contributed by atoms with van der Waals surface area (Å²) in [6.45, 7) is 4.81. The first-order valence-electron chi connectivity index (χ1n) is 6.36. The third kappa shape index (κ3) is 3.01. The third-order valence-electron chi connectivity index (χ3n) is 3.10. The molecular weight excluding hydrogens is 264 g/mol. The van der Waals surface area contributed by atoms with E-state index in [9.17, 15) is 8.78 Å². The van der Waals surface area contributed by atoms with Crippen molar-refractivity contribution in [3.05, 3.63) is 57.3 Å². The van der Waals surface area contributed by atoms with Crippen molar-refractivity contribution in [2.45, 2.75) is 26.3 Å². The van der Waals surface area contributed by atoms with Crippen LogP contribution in [0, 0.1) is 18.6 Å². The fourth-order valence-corrected chi connectivity index (χ4v) is 2.85. The van der Waals surface area contributed by atoms with Gasteiger partial charge in [0.15, 0.2) is 11.6 Å². The number of nitrogens with one attached hydrogen (secondary N) is 1. The highest BCUT2D eigenvalue weighted by Crippen LogP contribution is 2.30. The van der Waals surface area contributed by atoms with Crippen LogP contribution in [0.3, 0.4) is 0 Å². The molecule has 0 radical (unpaired) electrons. The first-order chi connectivity index (χ1) is 9.15. The maximum Gasteiger partial charge on any atom is 0.163 e. The summed E-state index contributed by atoms with van der Waals surface area (Å²) in [6, 6.07) is 6.02. The van der Waals surface area contributed by atoms with Crippen molar-refractivity contribution in [1.82, 2.24) is 5.32 Å². The Bertz CT molecular complexity index is 551. The van der Waals surface area contributed by atoms with Gasteiger partial charge in [-0.3, -0.25) is 0 Å². The van der Waals surface area contributed by atoms with Crippen molar-refractivity contribution in [2.75, 3.05) is 6.54 Å². The zero-order valence-corrected chi connectivity index (χ0v) is 11.9. The monoisotopic (exact) mass is 281 g/mol. The lowest BCUT2D eigenvalue weighted by Gasteiger charge is -2.20. The van der Waals surface area contributed by atoms with Gasteiger partial charge in [0.2, 0.25) is 0 Å². The van der Waals surface area contributed by atoms with Crippen LogP contribution in [-0.4, -0.2) is 6.54 Å². The van der Waals surface area contributed by atoms with Crippen LogP contribution in [0.5, 0.6) is 0 Å². The quantitative estimate of drug-likeness (QED) is 0.855. The Balaban J connectivity index is 2.43. The van der Waals surface area contributed by atoms with E-state index in [1.165, 1.54) is 0 Å². The molecule has 4 heteroatoms. The lowest BCUT2D eigenvalue weighted by molar-refractivity contribution is 0.480. The van der Waals surface area contributed by atoms with E-state index in [-0.39, 0.29) is 6.04 Å². The molecule has 0 aliphatic carbocycles. The highest BCUT2D eigenvalue weighted by Gasteiger charge is 2.21. The van der Waals surface area contributed by atoms with Crippen LogP contribution < -0.4 is 5.32 Å². The number of hydrogen-bond donors (Lipinski definition) is 1. The van der Waals surface area contributed by atoms with E-state index in [1.54, 1.807) is 23.5 Å². The zero-order chi connectivity index (χ0) is 13.8. The SMILES string of the molecule is CCCNC(c1ccsc1C)c1cccc(F)c1F. The van der Waals surface area contributed by atoms with Crippen molar-refractivity contribution < 1.29 is 8.78 Å². The average molecular weight is 281 g/mol. The van der Waals surface area contributed by atoms with E-state index in [0.717, 1.165) is 29.5 Å². The van der Waals surface area contributed by atoms with Gasteiger partial charge in [-0.05, 0) is 43.0 Å². The number of hydrogen-bond acceptors (Lipinski definition) is 2. The molecule has 102 valence electrons. The van der Waals surface area contributed by atoms with Crippen LogP contribution in [-0.2, 0) is 0 Å². The smallest absolute Gasteiger partial charge is 0.163 e. The third-order valence-corrected chi connectivity index (χ3v) is 3.96. The summed E-state index contributed by atoms with van der Waals surface area (Å²) in [6.07, 6.45) is 0.941. The normalized spacial score (nSPS) is 12.6. The van der Waals surface area contributed by atoms with Crippen LogP contribution in [0.1, 0.15) is 35.4 Å². The van der Waals surface area contributed by atoms with Gasteiger partial charge in [0.25, 0.3) is 0 Å². The molecule has 1 aromatic heterocycles. The molecule has 0 amide bonds. The predicted molar refractivity (Wildman–Crippen MR) is 75.6 cm³/mol. The number of benzene rings is 1. The maximum atomic E-state index is 14.0. The molecule has 19 heavy (non-hydrogen) atoms. The summed E-state index contributed by atoms with van der Waals surface area (Å²) in [4.78, 5) is 1.12. The molecule has 2 aromatic rings. The van der Waals surface area contributed by atoms with Gasteiger partial charge in [-0.25, -0.2) is 8.78 Å². The Hall–Kier alpha value is -1.26. The Morgan fingerprint density at radius 2 is 2.00 bits per heavy atom. The van der Waals surface area contributed by atoms with E-state index in [0.29, 0.717) is 5.56 Å². The van der Waals surface area contributed by atoms with E-state index < -0.39 is 11.6 Å². The fourth-order valence-electron chi connectivity index (χ4n) is 2.11. The van der Waals surface area contributed by atoms with E-state index >= 15 is 0 Å². The second kappa shape index (κ2) is 6.26. The Labute approximate surface area is 116 Å². The standard InChI is InChI=1S/C15H17F2NS/c1-3-8-18-15(11-7-9-19-10(11)2)12-5-4-6-13(16)14(12)17/h4-7,9,15,18H,3,8H2,1-2H3. The summed E-state index contributed by atoms with van der Waals surface area (Å²) in [5.74, 6) is -1.56. The predicted octanol–water partition coefficient (Wildman–Crippen LogP) is 4.42. The van der Waals surface area contributed by atoms with Gasteiger partial charge >= 0.3 is 0 Å². The molecule has 0 spiro atoms. The molecular formula is C15H17F2NS. The summed E-state index contributed by atoms with van der Waals surface area (Å²) in [5.41, 5.74) is 1.39. The van der Waals surface area contributed by atoms with E-state index in [4.69, 9.17) is 0 Å². The molecule has 1 heterocycles. The minimum Gasteiger partial charge on any atom is -0.306 e. The summed E-state index contributed by atoms with van der Waals surface area (Å²) < 4.78 is 27.4. The van der Waals surface area contributed by atoms with Crippen LogP contribution in [0.2, 0.25) is 0 Å². The second-order valence-corrected chi connectivity index (χ2v) is 5.58. The molecule has 0 aliphatic heterocycles. The van der Waals surface area contributed by atoms with Crippen LogP contribution in [0.25, 0.3) is 0 Å². The molecule has 0 aliphatic rings. The van der Waals surface area contributed by atoms with Gasteiger partial charge in [0.1, 0.15) is 0 Å². The number of thiophene rings is 1. The Morgan fingerprint density at radius 3 is 2.63 bits per heavy atom. The molecule has 0 saturated carbocycles. The molecule has 1 atom stereocenters. The average Bonchev–Trinajstić information content (AvgIpc) is 2.81. The summed E-state index contributed by atoms with van der Waals surface area (Å²) in [5, 5.41) is 5.27. The molecule has 2 rings (SSSR count). The molecule has 1 aromatic carbocycles. The van der Waals surface area contributed by atoms with Crippen molar-refractivity contribution >= 4 is 11.3 Å². The highest BCUT2D eigenvalue weighted by atomic mass is 32.1. The molecule has 0 fully saturated rings. The minimum atomic E-state index is -0.798. The van der Waals surface area contributed by atoms with Crippen LogP contribution >= 0.6 is 11.3 Å². The summed E-state index contributed by atoms with van der Waals surface area (Å²) >= 11 is 1.61. The Kier molecular flexibility index (Phi) is 4.66. The van der Waals surface area contributed by atoms with Crippen molar-refractivity contribution in [2.24, 2.45) is 0 Å². The topological polar surface area (TPSA) is 12.0 Å². The number of rotatable bonds is 5. The van der Waals surface area contributed by atoms with Gasteiger partial charge in [-0.1, -0.05) is 19.1 Å². The van der Waals surface area contributed by atoms with Crippen LogP contribution in [0.4, 0.5) is 8.78 Å². The Morgan fingerprint density at radius 1 is 1.21 bits per heavy atom. The number of halogens is 2. The first kappa shape index (κ1) is 14.2. The first-order valence-corrected chi connectivity index (χ1v) is 7.24. The zero-order valence-electron chi connectivity index (χ0n) is 11.0. The minimum absolute atomic E-state index is 0.290. The molecule has 0 saturated heterocycles. The fraction of sp³-hybridized carbons (Fsp3) is 0.333. The molecule has 1 N–H and O–H groups in total. The van der Waals surface area contributed by atoms with Gasteiger partial charge < -0.3 is 5.32 Å². The molecule has 1 nitrogen and oxygen atoms in total. The lowest BCUT2D eigenvalue weighted by atomic mass is 9.98. The van der Waals surface area contributed by atoms with E-state index in [2.05, 4.69) is 5.32 Å². The molecule has 0 bridgehead atoms. The van der Waals surface area contributed by atoms with E-state index in [1.807, 2.05) is 25.3 Å². The van der Waals surface area contributed by atoms with Gasteiger partial charge in [0, 0.05) is 10.4 Å². The lowest BCUT2D eigenvalue weighted by Crippen LogP contribution is -2.24. The largest absolute Gasteiger partial charge is 0.306 e. The van der Waals surface area contributed by atoms with Crippen LogP contribution in [0.15, 0.2) is 29.6 Å². The van der Waals surface area contributed by atoms with Gasteiger partial charge in [-0.15, -0.1) is 11.3 Å². The van der Waals surface area contributed by atoms with Crippen molar-refractivity contribution in [3.63, 3.8) is 0 Å². The highest BCUT2D eigenvalue weighted by molar-refractivity contribution is 7.10. The van der Waals surface area contributed by atoms with Crippen molar-refractivity contribution in [1.29, 1.82) is 0 Å². The second-order valence-electron chi connectivity index (χ2n) is 4.46. The number of aryl methyl sites for hydroxylation is 1. The summed E-state index contributed by atoms with van der Waals surface area (Å²) in [7, 11) is 0. The van der Waals surface area contributed by atoms with Crippen molar-refractivity contribution in [3.8, 4) is 0 Å².